The van der Waals surface area contributed by atoms with E-state index >= 15 is 0 Å². The molecule has 3 aromatic carbocycles. The fraction of sp³-hybridized carbons (Fsp3) is 0.214. The Labute approximate surface area is 215 Å². The zero-order valence-electron chi connectivity index (χ0n) is 20.4. The van der Waals surface area contributed by atoms with Crippen molar-refractivity contribution in [2.45, 2.75) is 37.9 Å². The van der Waals surface area contributed by atoms with E-state index in [1.54, 1.807) is 24.3 Å². The summed E-state index contributed by atoms with van der Waals surface area (Å²) in [5, 5.41) is 21.2. The first-order chi connectivity index (χ1) is 17.4. The first-order valence-corrected chi connectivity index (χ1v) is 12.6. The van der Waals surface area contributed by atoms with Gasteiger partial charge in [-0.15, -0.1) is 10.2 Å². The highest BCUT2D eigenvalue weighted by molar-refractivity contribution is 7.99. The lowest BCUT2D eigenvalue weighted by Gasteiger charge is -2.17. The van der Waals surface area contributed by atoms with E-state index in [0.29, 0.717) is 28.1 Å². The maximum absolute atomic E-state index is 12.6. The van der Waals surface area contributed by atoms with Crippen molar-refractivity contribution in [3.63, 3.8) is 0 Å². The third-order valence-electron chi connectivity index (χ3n) is 5.53. The normalized spacial score (nSPS) is 11.6. The van der Waals surface area contributed by atoms with Gasteiger partial charge in [-0.3, -0.25) is 9.36 Å². The van der Waals surface area contributed by atoms with E-state index in [9.17, 15) is 4.79 Å². The van der Waals surface area contributed by atoms with Crippen LogP contribution in [0, 0.1) is 11.3 Å². The number of rotatable bonds is 9. The molecule has 0 aliphatic carbocycles. The minimum absolute atomic E-state index is 0.150. The first kappa shape index (κ1) is 25.0. The Morgan fingerprint density at radius 1 is 1.00 bits per heavy atom. The summed E-state index contributed by atoms with van der Waals surface area (Å²) in [5.41, 5.74) is 3.31. The van der Waals surface area contributed by atoms with E-state index < -0.39 is 0 Å². The van der Waals surface area contributed by atoms with Crippen LogP contribution in [-0.4, -0.2) is 26.4 Å². The van der Waals surface area contributed by atoms with E-state index in [1.165, 1.54) is 17.3 Å². The molecule has 1 aromatic heterocycles. The Balaban J connectivity index is 1.50. The number of nitriles is 1. The number of para-hydroxylation sites is 1. The second-order valence-corrected chi connectivity index (χ2v) is 9.46. The zero-order valence-corrected chi connectivity index (χ0v) is 21.2. The van der Waals surface area contributed by atoms with Crippen molar-refractivity contribution in [1.82, 2.24) is 14.8 Å². The molecule has 1 N–H and O–H groups in total. The molecule has 0 fully saturated rings. The second kappa shape index (κ2) is 11.6. The maximum atomic E-state index is 12.6. The average molecular weight is 498 g/mol. The van der Waals surface area contributed by atoms with Gasteiger partial charge in [0, 0.05) is 11.4 Å². The number of nitrogens with one attached hydrogen (secondary N) is 1. The molecule has 1 heterocycles. The number of ether oxygens (including phenoxy) is 1. The maximum Gasteiger partial charge on any atom is 0.234 e. The molecule has 36 heavy (non-hydrogen) atoms. The molecular weight excluding hydrogens is 470 g/mol. The Hall–Kier alpha value is -4.09. The Kier molecular flexibility index (Phi) is 8.03. The summed E-state index contributed by atoms with van der Waals surface area (Å²) in [4.78, 5) is 12.6. The number of hydrogen-bond donors (Lipinski definition) is 1. The highest BCUT2D eigenvalue weighted by Crippen LogP contribution is 2.28. The smallest absolute Gasteiger partial charge is 0.234 e. The quantitative estimate of drug-likeness (QED) is 0.280. The van der Waals surface area contributed by atoms with Crippen molar-refractivity contribution in [1.29, 1.82) is 5.26 Å². The summed E-state index contributed by atoms with van der Waals surface area (Å²) in [6.45, 7) is 6.25. The molecule has 0 saturated heterocycles. The fourth-order valence-electron chi connectivity index (χ4n) is 3.60. The lowest BCUT2D eigenvalue weighted by atomic mass is 10.0. The Bertz CT molecular complexity index is 1340. The molecule has 182 valence electrons. The molecule has 4 aromatic rings. The average Bonchev–Trinajstić information content (AvgIpc) is 3.33. The van der Waals surface area contributed by atoms with Crippen LogP contribution in [0.2, 0.25) is 0 Å². The minimum Gasteiger partial charge on any atom is -0.483 e. The summed E-state index contributed by atoms with van der Waals surface area (Å²) in [6.07, 6.45) is -0.371. The van der Waals surface area contributed by atoms with Crippen LogP contribution in [0.5, 0.6) is 5.75 Å². The first-order valence-electron chi connectivity index (χ1n) is 11.6. The van der Waals surface area contributed by atoms with Crippen molar-refractivity contribution in [3.8, 4) is 17.5 Å². The second-order valence-electron chi connectivity index (χ2n) is 8.52. The number of nitrogens with zero attached hydrogens (tertiary/aromatic N) is 4. The lowest BCUT2D eigenvalue weighted by molar-refractivity contribution is -0.113. The van der Waals surface area contributed by atoms with Crippen molar-refractivity contribution in [2.24, 2.45) is 0 Å². The van der Waals surface area contributed by atoms with Crippen LogP contribution in [0.15, 0.2) is 84.0 Å². The van der Waals surface area contributed by atoms with Gasteiger partial charge in [0.1, 0.15) is 5.75 Å². The highest BCUT2D eigenvalue weighted by atomic mass is 32.2. The predicted molar refractivity (Wildman–Crippen MR) is 141 cm³/mol. The molecule has 0 radical (unpaired) electrons. The summed E-state index contributed by atoms with van der Waals surface area (Å²) in [5.74, 6) is 1.82. The lowest BCUT2D eigenvalue weighted by Crippen LogP contribution is -2.15. The summed E-state index contributed by atoms with van der Waals surface area (Å²) >= 11 is 1.30. The van der Waals surface area contributed by atoms with E-state index in [1.807, 2.05) is 54.0 Å². The van der Waals surface area contributed by atoms with E-state index in [4.69, 9.17) is 10.00 Å². The van der Waals surface area contributed by atoms with Crippen LogP contribution in [-0.2, 0) is 4.79 Å². The van der Waals surface area contributed by atoms with Crippen molar-refractivity contribution < 1.29 is 9.53 Å². The topological polar surface area (TPSA) is 92.8 Å². The van der Waals surface area contributed by atoms with Gasteiger partial charge in [0.15, 0.2) is 17.1 Å². The van der Waals surface area contributed by atoms with Gasteiger partial charge in [0.25, 0.3) is 0 Å². The van der Waals surface area contributed by atoms with Gasteiger partial charge in [0.05, 0.1) is 17.4 Å². The van der Waals surface area contributed by atoms with E-state index in [2.05, 4.69) is 47.6 Å². The number of thioether (sulfide) groups is 1. The number of carbonyl (C=O) groups is 1. The molecule has 0 aliphatic heterocycles. The van der Waals surface area contributed by atoms with Gasteiger partial charge >= 0.3 is 0 Å². The molecule has 1 unspecified atom stereocenters. The molecular formula is C28H27N5O2S. The predicted octanol–water partition coefficient (Wildman–Crippen LogP) is 6.13. The van der Waals surface area contributed by atoms with Gasteiger partial charge < -0.3 is 10.1 Å². The number of carbonyl (C=O) groups excluding carboxylic acids is 1. The van der Waals surface area contributed by atoms with Crippen LogP contribution in [0.3, 0.4) is 0 Å². The molecule has 0 spiro atoms. The van der Waals surface area contributed by atoms with Crippen LogP contribution >= 0.6 is 11.8 Å². The van der Waals surface area contributed by atoms with Gasteiger partial charge in [-0.05, 0) is 66.9 Å². The Morgan fingerprint density at radius 3 is 2.33 bits per heavy atom. The molecule has 1 atom stereocenters. The van der Waals surface area contributed by atoms with Crippen LogP contribution in [0.4, 0.5) is 5.69 Å². The molecule has 7 nitrogen and oxygen atoms in total. The standard InChI is InChI=1S/C28H27N5O2S/c1-19(2)22-11-15-25(16-12-22)35-20(3)27-31-32-28(33(27)24-7-5-4-6-8-24)36-18-26(34)30-23-13-9-21(17-29)10-14-23/h4-16,19-20H,18H2,1-3H3,(H,30,34). The highest BCUT2D eigenvalue weighted by Gasteiger charge is 2.21. The zero-order chi connectivity index (χ0) is 25.5. The van der Waals surface area contributed by atoms with E-state index in [0.717, 1.165) is 11.4 Å². The van der Waals surface area contributed by atoms with Gasteiger partial charge in [-0.1, -0.05) is 55.9 Å². The molecule has 1 amide bonds. The number of hydrogen-bond acceptors (Lipinski definition) is 6. The largest absolute Gasteiger partial charge is 0.483 e. The van der Waals surface area contributed by atoms with Crippen molar-refractivity contribution >= 4 is 23.4 Å². The van der Waals surface area contributed by atoms with Crippen LogP contribution in [0.1, 0.15) is 49.7 Å². The summed E-state index contributed by atoms with van der Waals surface area (Å²) in [7, 11) is 0. The number of amides is 1. The van der Waals surface area contributed by atoms with Gasteiger partial charge in [-0.2, -0.15) is 5.26 Å². The molecule has 8 heteroatoms. The summed E-state index contributed by atoms with van der Waals surface area (Å²) in [6, 6.07) is 26.7. The third kappa shape index (κ3) is 6.12. The number of aromatic nitrogens is 3. The van der Waals surface area contributed by atoms with Crippen molar-refractivity contribution in [2.75, 3.05) is 11.1 Å². The van der Waals surface area contributed by atoms with E-state index in [-0.39, 0.29) is 17.8 Å². The third-order valence-corrected chi connectivity index (χ3v) is 6.46. The molecule has 4 rings (SSSR count). The molecule has 0 saturated carbocycles. The summed E-state index contributed by atoms with van der Waals surface area (Å²) < 4.78 is 8.12. The SMILES string of the molecule is CC(C)c1ccc(OC(C)c2nnc(SCC(=O)Nc3ccc(C#N)cc3)n2-c2ccccc2)cc1. The van der Waals surface area contributed by atoms with Gasteiger partial charge in [0.2, 0.25) is 5.91 Å². The number of anilines is 1. The van der Waals surface area contributed by atoms with Gasteiger partial charge in [-0.25, -0.2) is 0 Å². The molecule has 0 bridgehead atoms. The molecule has 0 aliphatic rings. The Morgan fingerprint density at radius 2 is 1.69 bits per heavy atom. The fourth-order valence-corrected chi connectivity index (χ4v) is 4.36. The minimum atomic E-state index is -0.371. The van der Waals surface area contributed by atoms with Crippen molar-refractivity contribution in [3.05, 3.63) is 95.8 Å². The number of benzene rings is 3. The van der Waals surface area contributed by atoms with Crippen LogP contribution in [0.25, 0.3) is 5.69 Å². The monoisotopic (exact) mass is 497 g/mol. The van der Waals surface area contributed by atoms with Crippen LogP contribution < -0.4 is 10.1 Å².